The van der Waals surface area contributed by atoms with Crippen molar-refractivity contribution in [3.8, 4) is 5.75 Å². The maximum absolute atomic E-state index is 5.53. The van der Waals surface area contributed by atoms with Gasteiger partial charge in [0.15, 0.2) is 0 Å². The van der Waals surface area contributed by atoms with Gasteiger partial charge in [-0.05, 0) is 42.7 Å². The Morgan fingerprint density at radius 1 is 1.00 bits per heavy atom. The summed E-state index contributed by atoms with van der Waals surface area (Å²) >= 11 is 0. The minimum atomic E-state index is 0.864. The van der Waals surface area contributed by atoms with E-state index in [0.29, 0.717) is 0 Å². The molecule has 0 aliphatic rings. The molecule has 0 N–H and O–H groups in total. The summed E-state index contributed by atoms with van der Waals surface area (Å²) < 4.78 is 5.53. The number of aryl methyl sites for hydroxylation is 1. The van der Waals surface area contributed by atoms with Crippen molar-refractivity contribution in [2.24, 2.45) is 0 Å². The van der Waals surface area contributed by atoms with E-state index in [1.165, 1.54) is 11.1 Å². The van der Waals surface area contributed by atoms with Crippen molar-refractivity contribution in [1.82, 2.24) is 0 Å². The van der Waals surface area contributed by atoms with Crippen LogP contribution in [0, 0.1) is 6.92 Å². The lowest BCUT2D eigenvalue weighted by atomic mass is 10.1. The zero-order chi connectivity index (χ0) is 13.5. The van der Waals surface area contributed by atoms with Gasteiger partial charge in [-0.15, -0.1) is 0 Å². The van der Waals surface area contributed by atoms with Crippen molar-refractivity contribution < 1.29 is 4.74 Å². The van der Waals surface area contributed by atoms with Crippen LogP contribution in [-0.2, 0) is 6.42 Å². The minimum absolute atomic E-state index is 0.864. The number of hydrogen-bond donors (Lipinski definition) is 0. The van der Waals surface area contributed by atoms with E-state index in [-0.39, 0.29) is 0 Å². The van der Waals surface area contributed by atoms with E-state index in [2.05, 4.69) is 37.8 Å². The zero-order valence-electron chi connectivity index (χ0n) is 11.2. The van der Waals surface area contributed by atoms with E-state index in [1.807, 2.05) is 36.4 Å². The maximum Gasteiger partial charge on any atom is 0.126 e. The van der Waals surface area contributed by atoms with E-state index in [0.717, 1.165) is 17.7 Å². The maximum atomic E-state index is 5.53. The third-order valence-electron chi connectivity index (χ3n) is 2.89. The van der Waals surface area contributed by atoms with Gasteiger partial charge < -0.3 is 4.74 Å². The van der Waals surface area contributed by atoms with Crippen LogP contribution in [0.1, 0.15) is 16.7 Å². The van der Waals surface area contributed by atoms with Gasteiger partial charge in [0, 0.05) is 0 Å². The molecule has 1 nitrogen and oxygen atoms in total. The summed E-state index contributed by atoms with van der Waals surface area (Å²) in [4.78, 5) is 0. The molecule has 0 aliphatic heterocycles. The van der Waals surface area contributed by atoms with Crippen LogP contribution < -0.4 is 4.74 Å². The van der Waals surface area contributed by atoms with Crippen molar-refractivity contribution in [3.63, 3.8) is 0 Å². The summed E-state index contributed by atoms with van der Waals surface area (Å²) in [5.74, 6) is 0.865. The number of rotatable bonds is 5. The number of benzene rings is 2. The molecule has 1 heteroatoms. The van der Waals surface area contributed by atoms with Gasteiger partial charge in [0.2, 0.25) is 0 Å². The predicted octanol–water partition coefficient (Wildman–Crippen LogP) is 4.77. The van der Waals surface area contributed by atoms with Gasteiger partial charge in [0.05, 0.1) is 6.26 Å². The Hall–Kier alpha value is -2.28. The van der Waals surface area contributed by atoms with Gasteiger partial charge in [-0.1, -0.05) is 54.6 Å². The van der Waals surface area contributed by atoms with Gasteiger partial charge in [0.25, 0.3) is 0 Å². The lowest BCUT2D eigenvalue weighted by molar-refractivity contribution is 0.479. The normalized spacial score (nSPS) is 10.6. The lowest BCUT2D eigenvalue weighted by Crippen LogP contribution is -1.85. The monoisotopic (exact) mass is 250 g/mol. The highest BCUT2D eigenvalue weighted by molar-refractivity contribution is 5.47. The quantitative estimate of drug-likeness (QED) is 0.694. The Bertz CT molecular complexity index is 547. The molecule has 0 aliphatic carbocycles. The number of ether oxygens (including phenoxy) is 1. The smallest absolute Gasteiger partial charge is 0.126 e. The zero-order valence-corrected chi connectivity index (χ0v) is 11.2. The summed E-state index contributed by atoms with van der Waals surface area (Å²) in [6.07, 6.45) is 6.47. The van der Waals surface area contributed by atoms with Crippen molar-refractivity contribution in [1.29, 1.82) is 0 Å². The molecule has 0 aromatic heterocycles. The molecule has 0 atom stereocenters. The fourth-order valence-corrected chi connectivity index (χ4v) is 1.72. The molecule has 0 fully saturated rings. The first-order chi connectivity index (χ1) is 9.28. The van der Waals surface area contributed by atoms with Crippen LogP contribution >= 0.6 is 0 Å². The molecule has 0 amide bonds. The molecule has 2 aromatic carbocycles. The highest BCUT2D eigenvalue weighted by Gasteiger charge is 1.91. The summed E-state index contributed by atoms with van der Waals surface area (Å²) in [5.41, 5.74) is 3.64. The van der Waals surface area contributed by atoms with Crippen LogP contribution in [-0.4, -0.2) is 0 Å². The first-order valence-electron chi connectivity index (χ1n) is 6.37. The van der Waals surface area contributed by atoms with Crippen LogP contribution in [0.15, 0.2) is 67.4 Å². The number of allylic oxidation sites excluding steroid dienone is 1. The second-order valence-corrected chi connectivity index (χ2v) is 4.45. The summed E-state index contributed by atoms with van der Waals surface area (Å²) in [6, 6.07) is 16.4. The van der Waals surface area contributed by atoms with E-state index < -0.39 is 0 Å². The van der Waals surface area contributed by atoms with E-state index in [9.17, 15) is 0 Å². The highest BCUT2D eigenvalue weighted by Crippen LogP contribution is 2.12. The summed E-state index contributed by atoms with van der Waals surface area (Å²) in [6.45, 7) is 5.80. The van der Waals surface area contributed by atoms with Gasteiger partial charge in [-0.3, -0.25) is 0 Å². The van der Waals surface area contributed by atoms with E-state index in [1.54, 1.807) is 6.26 Å². The van der Waals surface area contributed by atoms with Crippen LogP contribution in [0.5, 0.6) is 5.75 Å². The van der Waals surface area contributed by atoms with Gasteiger partial charge in [-0.25, -0.2) is 0 Å². The minimum Gasteiger partial charge on any atom is -0.465 e. The lowest BCUT2D eigenvalue weighted by Gasteiger charge is -2.01. The fraction of sp³-hybridized carbons (Fsp3) is 0.111. The Morgan fingerprint density at radius 2 is 1.68 bits per heavy atom. The van der Waals surface area contributed by atoms with Gasteiger partial charge in [-0.2, -0.15) is 0 Å². The Balaban J connectivity index is 1.85. The standard InChI is InChI=1S/C18H18O/c1-3-16-8-10-17(11-9-16)5-4-14-19-18-12-6-15(2)7-13-18/h3-4,6-14H,1,5H2,2H3/b14-4-. The molecule has 2 rings (SSSR count). The molecule has 0 radical (unpaired) electrons. The molecule has 19 heavy (non-hydrogen) atoms. The first-order valence-corrected chi connectivity index (χ1v) is 6.37. The van der Waals surface area contributed by atoms with Crippen molar-refractivity contribution >= 4 is 6.08 Å². The van der Waals surface area contributed by atoms with Gasteiger partial charge in [0.1, 0.15) is 5.75 Å². The first kappa shape index (κ1) is 13.2. The second kappa shape index (κ2) is 6.60. The molecule has 2 aromatic rings. The Labute approximate surface area is 114 Å². The van der Waals surface area contributed by atoms with Crippen molar-refractivity contribution in [2.75, 3.05) is 0 Å². The summed E-state index contributed by atoms with van der Waals surface area (Å²) in [7, 11) is 0. The van der Waals surface area contributed by atoms with Crippen LogP contribution in [0.25, 0.3) is 6.08 Å². The largest absolute Gasteiger partial charge is 0.465 e. The number of hydrogen-bond acceptors (Lipinski definition) is 1. The average molecular weight is 250 g/mol. The molecule has 0 saturated carbocycles. The summed E-state index contributed by atoms with van der Waals surface area (Å²) in [5, 5.41) is 0. The Kier molecular flexibility index (Phi) is 4.57. The van der Waals surface area contributed by atoms with Gasteiger partial charge >= 0.3 is 0 Å². The van der Waals surface area contributed by atoms with Crippen LogP contribution in [0.3, 0.4) is 0 Å². The second-order valence-electron chi connectivity index (χ2n) is 4.45. The van der Waals surface area contributed by atoms with E-state index in [4.69, 9.17) is 4.74 Å². The van der Waals surface area contributed by atoms with Crippen LogP contribution in [0.4, 0.5) is 0 Å². The topological polar surface area (TPSA) is 9.23 Å². The van der Waals surface area contributed by atoms with Crippen LogP contribution in [0.2, 0.25) is 0 Å². The molecule has 0 bridgehead atoms. The molecule has 0 heterocycles. The van der Waals surface area contributed by atoms with Crippen molar-refractivity contribution in [2.45, 2.75) is 13.3 Å². The molecular weight excluding hydrogens is 232 g/mol. The molecule has 0 saturated heterocycles. The van der Waals surface area contributed by atoms with Crippen molar-refractivity contribution in [3.05, 3.63) is 84.1 Å². The fourth-order valence-electron chi connectivity index (χ4n) is 1.72. The third kappa shape index (κ3) is 4.14. The molecule has 0 unspecified atom stereocenters. The highest BCUT2D eigenvalue weighted by atomic mass is 16.5. The molecule has 96 valence electrons. The average Bonchev–Trinajstić information content (AvgIpc) is 2.46. The third-order valence-corrected chi connectivity index (χ3v) is 2.89. The predicted molar refractivity (Wildman–Crippen MR) is 81.2 cm³/mol. The van der Waals surface area contributed by atoms with E-state index >= 15 is 0 Å². The molecule has 0 spiro atoms. The molecular formula is C18H18O. The Morgan fingerprint density at radius 3 is 2.32 bits per heavy atom. The SMILES string of the molecule is C=Cc1ccc(C/C=C\Oc2ccc(C)cc2)cc1.